The first kappa shape index (κ1) is 62.5. The minimum atomic E-state index is -1.89. The average Bonchev–Trinajstić information content (AvgIpc) is 4.10. The lowest BCUT2D eigenvalue weighted by molar-refractivity contribution is -0.164. The molecule has 6 heterocycles. The number of halogens is 2. The number of aryl methyl sites for hydroxylation is 2. The number of nitriles is 2. The standard InChI is InChI=1S/C31H38FN3O7S.C27H30FN3O7S/c1-8-40-22-10-9-19(32)15-21(22)23(41-20-11-13-39-14-12-20)17-34-27-25(18(2)24(16-33)43-27)26(36)35(29(34)38)31(6,7)28(37)42-30(3,4)5;1-5-37-19-7-6-16(28)12-18(19)20(38-17-8-10-36-11-9-17)14-30-24-22(15(2)21(13-29)39-24)23(32)31(26(30)35)27(3,4)25(33)34/h9-10,15,20,23H,8,11-14,17H2,1-7H3;6-7,12,17,20H,5,8-11,14H2,1-4H3,(H,33,34). The summed E-state index contributed by atoms with van der Waals surface area (Å²) in [6.45, 7) is 19.6. The van der Waals surface area contributed by atoms with Crippen molar-refractivity contribution >= 4 is 55.0 Å². The van der Waals surface area contributed by atoms with Crippen LogP contribution in [-0.4, -0.2) is 92.8 Å². The number of carboxylic acid groups (broad SMARTS) is 1. The molecule has 2 aliphatic rings. The van der Waals surface area contributed by atoms with E-state index < -0.39 is 75.0 Å². The Bertz CT molecular complexity index is 3710. The first-order valence-corrected chi connectivity index (χ1v) is 28.5. The largest absolute Gasteiger partial charge is 0.493 e. The number of fused-ring (bicyclic) bond motifs is 2. The van der Waals surface area contributed by atoms with Gasteiger partial charge in [-0.3, -0.25) is 18.7 Å². The number of rotatable bonds is 18. The molecule has 2 unspecified atom stereocenters. The minimum absolute atomic E-state index is 0.0829. The van der Waals surface area contributed by atoms with Crippen molar-refractivity contribution in [2.75, 3.05) is 39.6 Å². The van der Waals surface area contributed by atoms with E-state index in [4.69, 9.17) is 33.2 Å². The van der Waals surface area contributed by atoms with E-state index in [1.165, 1.54) is 73.2 Å². The summed E-state index contributed by atoms with van der Waals surface area (Å²) in [5, 5.41) is 29.6. The van der Waals surface area contributed by atoms with Gasteiger partial charge in [0.25, 0.3) is 11.1 Å². The van der Waals surface area contributed by atoms with Gasteiger partial charge in [0, 0.05) is 37.6 Å². The molecule has 8 rings (SSSR count). The van der Waals surface area contributed by atoms with E-state index in [0.717, 1.165) is 27.2 Å². The number of benzene rings is 2. The normalized spacial score (nSPS) is 15.3. The molecular formula is C58H68F2N6O14S2. The van der Waals surface area contributed by atoms with Crippen LogP contribution in [0, 0.1) is 48.1 Å². The summed E-state index contributed by atoms with van der Waals surface area (Å²) in [5.74, 6) is -2.40. The lowest BCUT2D eigenvalue weighted by Gasteiger charge is -2.31. The van der Waals surface area contributed by atoms with Crippen LogP contribution in [0.25, 0.3) is 20.4 Å². The molecule has 0 amide bonds. The average molecular weight is 1180 g/mol. The second kappa shape index (κ2) is 25.6. The van der Waals surface area contributed by atoms with Crippen LogP contribution < -0.4 is 32.0 Å². The molecular weight excluding hydrogens is 1110 g/mol. The van der Waals surface area contributed by atoms with E-state index in [1.54, 1.807) is 41.5 Å². The fourth-order valence-electron chi connectivity index (χ4n) is 9.77. The number of esters is 1. The van der Waals surface area contributed by atoms with Crippen molar-refractivity contribution in [2.45, 2.75) is 156 Å². The van der Waals surface area contributed by atoms with Gasteiger partial charge in [-0.25, -0.2) is 37.1 Å². The Hall–Kier alpha value is -7.06. The summed E-state index contributed by atoms with van der Waals surface area (Å²) in [7, 11) is 0. The molecule has 2 saturated heterocycles. The van der Waals surface area contributed by atoms with Crippen molar-refractivity contribution in [1.29, 1.82) is 10.5 Å². The van der Waals surface area contributed by atoms with Gasteiger partial charge in [-0.05, 0) is 149 Å². The first-order chi connectivity index (χ1) is 38.7. The molecule has 440 valence electrons. The number of hydrogen-bond acceptors (Lipinski definition) is 17. The van der Waals surface area contributed by atoms with Gasteiger partial charge in [-0.15, -0.1) is 22.7 Å². The van der Waals surface area contributed by atoms with Gasteiger partial charge in [0.15, 0.2) is 0 Å². The van der Waals surface area contributed by atoms with Crippen LogP contribution in [0.2, 0.25) is 0 Å². The molecule has 1 N–H and O–H groups in total. The quantitative estimate of drug-likeness (QED) is 0.0790. The zero-order chi connectivity index (χ0) is 60.2. The van der Waals surface area contributed by atoms with Gasteiger partial charge >= 0.3 is 23.3 Å². The molecule has 0 aliphatic carbocycles. The third kappa shape index (κ3) is 13.1. The molecule has 2 aliphatic heterocycles. The molecule has 2 atom stereocenters. The van der Waals surface area contributed by atoms with Crippen LogP contribution in [0.5, 0.6) is 11.5 Å². The fourth-order valence-corrected chi connectivity index (χ4v) is 12.0. The molecule has 20 nitrogen and oxygen atoms in total. The number of ether oxygens (including phenoxy) is 7. The fraction of sp³-hybridized carbons (Fsp3) is 0.517. The van der Waals surface area contributed by atoms with Crippen molar-refractivity contribution in [3.63, 3.8) is 0 Å². The molecule has 0 radical (unpaired) electrons. The summed E-state index contributed by atoms with van der Waals surface area (Å²) in [6, 6.07) is 12.3. The maximum Gasteiger partial charge on any atom is 0.333 e. The van der Waals surface area contributed by atoms with E-state index in [-0.39, 0.29) is 55.5 Å². The first-order valence-electron chi connectivity index (χ1n) is 26.9. The summed E-state index contributed by atoms with van der Waals surface area (Å²) >= 11 is 1.98. The topological polar surface area (TPSA) is 255 Å². The van der Waals surface area contributed by atoms with Gasteiger partial charge in [0.1, 0.15) is 83.6 Å². The number of hydrogen-bond donors (Lipinski definition) is 1. The van der Waals surface area contributed by atoms with Gasteiger partial charge < -0.3 is 38.3 Å². The van der Waals surface area contributed by atoms with E-state index in [1.807, 2.05) is 13.0 Å². The molecule has 0 bridgehead atoms. The van der Waals surface area contributed by atoms with E-state index >= 15 is 0 Å². The predicted molar refractivity (Wildman–Crippen MR) is 302 cm³/mol. The van der Waals surface area contributed by atoms with Gasteiger partial charge in [-0.2, -0.15) is 10.5 Å². The summed E-state index contributed by atoms with van der Waals surface area (Å²) < 4.78 is 74.4. The van der Waals surface area contributed by atoms with Gasteiger partial charge in [0.05, 0.1) is 49.3 Å². The molecule has 6 aromatic rings. The molecule has 4 aromatic heterocycles. The highest BCUT2D eigenvalue weighted by molar-refractivity contribution is 7.19. The maximum absolute atomic E-state index is 14.7. The molecule has 0 spiro atoms. The second-order valence-electron chi connectivity index (χ2n) is 21.8. The number of carbonyl (C=O) groups is 2. The van der Waals surface area contributed by atoms with E-state index in [9.17, 15) is 53.2 Å². The zero-order valence-electron chi connectivity index (χ0n) is 47.8. The smallest absolute Gasteiger partial charge is 0.333 e. The minimum Gasteiger partial charge on any atom is -0.493 e. The van der Waals surface area contributed by atoms with Crippen molar-refractivity contribution in [3.05, 3.63) is 122 Å². The zero-order valence-corrected chi connectivity index (χ0v) is 49.4. The molecule has 2 aromatic carbocycles. The number of aromatic nitrogens is 4. The third-order valence-electron chi connectivity index (χ3n) is 14.2. The highest BCUT2D eigenvalue weighted by Gasteiger charge is 2.40. The molecule has 0 saturated carbocycles. The van der Waals surface area contributed by atoms with Gasteiger partial charge in [-0.1, -0.05) is 0 Å². The number of nitrogens with zero attached hydrogens (tertiary/aromatic N) is 6. The Balaban J connectivity index is 0.000000237. The van der Waals surface area contributed by atoms with Crippen LogP contribution in [0.15, 0.2) is 55.6 Å². The Kier molecular flexibility index (Phi) is 19.5. The summed E-state index contributed by atoms with van der Waals surface area (Å²) in [4.78, 5) is 82.2. The molecule has 24 heteroatoms. The Labute approximate surface area is 479 Å². The number of carboxylic acids is 1. The van der Waals surface area contributed by atoms with Crippen molar-refractivity contribution < 1.29 is 56.6 Å². The van der Waals surface area contributed by atoms with Crippen LogP contribution in [0.4, 0.5) is 8.78 Å². The highest BCUT2D eigenvalue weighted by atomic mass is 32.1. The van der Waals surface area contributed by atoms with Crippen molar-refractivity contribution in [2.24, 2.45) is 0 Å². The lowest BCUT2D eigenvalue weighted by Crippen LogP contribution is -2.54. The predicted octanol–water partition coefficient (Wildman–Crippen LogP) is 8.66. The van der Waals surface area contributed by atoms with Crippen LogP contribution in [0.3, 0.4) is 0 Å². The maximum atomic E-state index is 14.7. The van der Waals surface area contributed by atoms with E-state index in [0.29, 0.717) is 104 Å². The van der Waals surface area contributed by atoms with Crippen molar-refractivity contribution in [3.8, 4) is 23.6 Å². The lowest BCUT2D eigenvalue weighted by atomic mass is 10.0. The Morgan fingerprint density at radius 1 is 0.671 bits per heavy atom. The Morgan fingerprint density at radius 3 is 1.39 bits per heavy atom. The van der Waals surface area contributed by atoms with Crippen LogP contribution >= 0.6 is 22.7 Å². The summed E-state index contributed by atoms with van der Waals surface area (Å²) in [6.07, 6.45) is 0.0809. The second-order valence-corrected chi connectivity index (χ2v) is 23.8. The number of thiophene rings is 2. The van der Waals surface area contributed by atoms with Crippen LogP contribution in [0.1, 0.15) is 132 Å². The third-order valence-corrected chi connectivity index (χ3v) is 16.6. The highest BCUT2D eigenvalue weighted by Crippen LogP contribution is 2.37. The number of aliphatic carboxylic acids is 1. The van der Waals surface area contributed by atoms with E-state index in [2.05, 4.69) is 6.07 Å². The van der Waals surface area contributed by atoms with Crippen LogP contribution in [-0.2, 0) is 57.4 Å². The summed E-state index contributed by atoms with van der Waals surface area (Å²) in [5.41, 5.74) is -6.10. The Morgan fingerprint density at radius 2 is 1.05 bits per heavy atom. The monoisotopic (exact) mass is 1170 g/mol. The SMILES string of the molecule is CCOc1ccc(F)cc1C(Cn1c(=O)n(C(C)(C)C(=O)O)c(=O)c2c(C)c(C#N)sc21)OC1CCOCC1.CCOc1ccc(F)cc1C(Cn1c(=O)n(C(C)(C)C(=O)OC(C)(C)C)c(=O)c2c(C)c(C#N)sc21)OC1CCOCC1. The molecule has 82 heavy (non-hydrogen) atoms. The van der Waals surface area contributed by atoms with Crippen molar-refractivity contribution in [1.82, 2.24) is 18.3 Å². The number of carbonyl (C=O) groups excluding carboxylic acids is 1. The molecule has 2 fully saturated rings. The van der Waals surface area contributed by atoms with Gasteiger partial charge in [0.2, 0.25) is 0 Å².